The maximum Gasteiger partial charge on any atom is 0.225 e. The van der Waals surface area contributed by atoms with Crippen molar-refractivity contribution in [2.75, 3.05) is 26.2 Å². The first-order valence-electron chi connectivity index (χ1n) is 9.34. The van der Waals surface area contributed by atoms with E-state index in [1.807, 2.05) is 29.2 Å². The van der Waals surface area contributed by atoms with Gasteiger partial charge < -0.3 is 15.0 Å². The molecule has 0 radical (unpaired) electrons. The molecular weight excluding hydrogens is 342 g/mol. The number of benzene rings is 1. The Hall–Kier alpha value is -2.89. The summed E-state index contributed by atoms with van der Waals surface area (Å²) in [5, 5.41) is 2.91. The third-order valence-electron chi connectivity index (χ3n) is 4.69. The normalized spacial score (nSPS) is 16.8. The van der Waals surface area contributed by atoms with Crippen LogP contribution >= 0.6 is 0 Å². The molecule has 27 heavy (non-hydrogen) atoms. The highest BCUT2D eigenvalue weighted by atomic mass is 16.5. The first-order chi connectivity index (χ1) is 13.2. The smallest absolute Gasteiger partial charge is 0.225 e. The average Bonchev–Trinajstić information content (AvgIpc) is 2.72. The summed E-state index contributed by atoms with van der Waals surface area (Å²) in [6.07, 6.45) is 5.16. The van der Waals surface area contributed by atoms with Crippen LogP contribution in [0.15, 0.2) is 54.9 Å². The van der Waals surface area contributed by atoms with Crippen LogP contribution in [-0.4, -0.2) is 47.9 Å². The summed E-state index contributed by atoms with van der Waals surface area (Å²) >= 11 is 0. The lowest BCUT2D eigenvalue weighted by Gasteiger charge is -2.32. The fourth-order valence-electron chi connectivity index (χ4n) is 3.17. The van der Waals surface area contributed by atoms with Crippen molar-refractivity contribution in [2.45, 2.75) is 19.3 Å². The number of nitrogens with one attached hydrogen (secondary N) is 1. The van der Waals surface area contributed by atoms with Crippen molar-refractivity contribution in [2.24, 2.45) is 5.92 Å². The van der Waals surface area contributed by atoms with Crippen LogP contribution in [0, 0.1) is 5.92 Å². The van der Waals surface area contributed by atoms with E-state index in [0.717, 1.165) is 6.42 Å². The van der Waals surface area contributed by atoms with E-state index in [9.17, 15) is 9.59 Å². The molecule has 2 heterocycles. The molecule has 1 saturated heterocycles. The van der Waals surface area contributed by atoms with Crippen LogP contribution in [0.3, 0.4) is 0 Å². The van der Waals surface area contributed by atoms with Crippen molar-refractivity contribution in [3.8, 4) is 5.75 Å². The van der Waals surface area contributed by atoms with Crippen molar-refractivity contribution < 1.29 is 14.3 Å². The molecule has 142 valence electrons. The summed E-state index contributed by atoms with van der Waals surface area (Å²) in [5.74, 6) is 0.649. The second-order valence-corrected chi connectivity index (χ2v) is 6.64. The zero-order chi connectivity index (χ0) is 18.9. The molecule has 1 fully saturated rings. The summed E-state index contributed by atoms with van der Waals surface area (Å²) in [6.45, 7) is 1.96. The fraction of sp³-hybridized carbons (Fsp3) is 0.381. The van der Waals surface area contributed by atoms with Gasteiger partial charge in [0.05, 0.1) is 18.7 Å². The highest BCUT2D eigenvalue weighted by molar-refractivity contribution is 5.83. The lowest BCUT2D eigenvalue weighted by atomic mass is 9.96. The van der Waals surface area contributed by atoms with Gasteiger partial charge in [0.2, 0.25) is 11.8 Å². The Labute approximate surface area is 159 Å². The van der Waals surface area contributed by atoms with Crippen molar-refractivity contribution >= 4 is 11.8 Å². The second-order valence-electron chi connectivity index (χ2n) is 6.64. The van der Waals surface area contributed by atoms with Gasteiger partial charge in [-0.1, -0.05) is 30.3 Å². The van der Waals surface area contributed by atoms with E-state index < -0.39 is 0 Å². The van der Waals surface area contributed by atoms with Gasteiger partial charge in [0.15, 0.2) is 0 Å². The molecular formula is C21H25N3O3. The van der Waals surface area contributed by atoms with Gasteiger partial charge in [-0.3, -0.25) is 14.6 Å². The van der Waals surface area contributed by atoms with Gasteiger partial charge in [-0.05, 0) is 30.5 Å². The lowest BCUT2D eigenvalue weighted by molar-refractivity contribution is -0.138. The van der Waals surface area contributed by atoms with Crippen molar-refractivity contribution in [1.82, 2.24) is 15.2 Å². The third kappa shape index (κ3) is 5.81. The van der Waals surface area contributed by atoms with Crippen molar-refractivity contribution in [3.63, 3.8) is 0 Å². The number of ether oxygens (including phenoxy) is 1. The first-order valence-corrected chi connectivity index (χ1v) is 9.34. The molecule has 0 bridgehead atoms. The minimum Gasteiger partial charge on any atom is -0.490 e. The van der Waals surface area contributed by atoms with E-state index in [0.29, 0.717) is 44.8 Å². The predicted octanol–water partition coefficient (Wildman–Crippen LogP) is 2.06. The van der Waals surface area contributed by atoms with Crippen LogP contribution in [0.25, 0.3) is 0 Å². The predicted molar refractivity (Wildman–Crippen MR) is 102 cm³/mol. The molecule has 0 aliphatic carbocycles. The van der Waals surface area contributed by atoms with Gasteiger partial charge in [0.25, 0.3) is 0 Å². The minimum absolute atomic E-state index is 0.0120. The molecule has 2 aromatic rings. The van der Waals surface area contributed by atoms with Gasteiger partial charge in [-0.25, -0.2) is 0 Å². The topological polar surface area (TPSA) is 71.5 Å². The largest absolute Gasteiger partial charge is 0.490 e. The molecule has 0 spiro atoms. The van der Waals surface area contributed by atoms with Gasteiger partial charge in [-0.2, -0.15) is 0 Å². The summed E-state index contributed by atoms with van der Waals surface area (Å²) in [6, 6.07) is 13.7. The van der Waals surface area contributed by atoms with E-state index in [2.05, 4.69) is 22.4 Å². The number of likely N-dealkylation sites (tertiary alicyclic amines) is 1. The number of hydrogen-bond donors (Lipinski definition) is 1. The average molecular weight is 367 g/mol. The highest BCUT2D eigenvalue weighted by Gasteiger charge is 2.29. The minimum atomic E-state index is -0.156. The van der Waals surface area contributed by atoms with Crippen molar-refractivity contribution in [3.05, 3.63) is 60.4 Å². The monoisotopic (exact) mass is 367 g/mol. The summed E-state index contributed by atoms with van der Waals surface area (Å²) in [5.41, 5.74) is 1.20. The van der Waals surface area contributed by atoms with Gasteiger partial charge in [-0.15, -0.1) is 0 Å². The Morgan fingerprint density at radius 2 is 2.07 bits per heavy atom. The lowest BCUT2D eigenvalue weighted by Crippen LogP contribution is -2.46. The second kappa shape index (κ2) is 9.71. The van der Waals surface area contributed by atoms with E-state index >= 15 is 0 Å². The molecule has 2 amide bonds. The SMILES string of the molecule is O=C(NCCOc1cccnc1)[C@H]1CCC(=O)N(CCc2ccccc2)C1. The van der Waals surface area contributed by atoms with Gasteiger partial charge in [0.1, 0.15) is 12.4 Å². The zero-order valence-electron chi connectivity index (χ0n) is 15.3. The number of nitrogens with zero attached hydrogens (tertiary/aromatic N) is 2. The summed E-state index contributed by atoms with van der Waals surface area (Å²) in [4.78, 5) is 30.4. The Morgan fingerprint density at radius 3 is 2.85 bits per heavy atom. The molecule has 1 aromatic carbocycles. The molecule has 6 heteroatoms. The standard InChI is InChI=1S/C21H25N3O3/c25-20-9-8-18(16-24(20)13-10-17-5-2-1-3-6-17)21(26)23-12-14-27-19-7-4-11-22-15-19/h1-7,11,15,18H,8-10,12-14,16H2,(H,23,26)/t18-/m0/s1. The Kier molecular flexibility index (Phi) is 6.79. The van der Waals surface area contributed by atoms with Crippen LogP contribution in [-0.2, 0) is 16.0 Å². The molecule has 1 N–H and O–H groups in total. The van der Waals surface area contributed by atoms with E-state index in [-0.39, 0.29) is 17.7 Å². The van der Waals surface area contributed by atoms with Crippen LogP contribution in [0.4, 0.5) is 0 Å². The Bertz CT molecular complexity index is 737. The Balaban J connectivity index is 1.41. The molecule has 1 atom stereocenters. The highest BCUT2D eigenvalue weighted by Crippen LogP contribution is 2.18. The fourth-order valence-corrected chi connectivity index (χ4v) is 3.17. The van der Waals surface area contributed by atoms with E-state index in [1.165, 1.54) is 5.56 Å². The molecule has 1 aliphatic heterocycles. The quantitative estimate of drug-likeness (QED) is 0.725. The maximum atomic E-state index is 12.4. The molecule has 0 saturated carbocycles. The number of amides is 2. The molecule has 1 aromatic heterocycles. The summed E-state index contributed by atoms with van der Waals surface area (Å²) < 4.78 is 5.53. The number of rotatable bonds is 8. The number of carbonyl (C=O) groups excluding carboxylic acids is 2. The van der Waals surface area contributed by atoms with Crippen LogP contribution < -0.4 is 10.1 Å². The first kappa shape index (κ1) is 18.9. The van der Waals surface area contributed by atoms with Crippen molar-refractivity contribution in [1.29, 1.82) is 0 Å². The van der Waals surface area contributed by atoms with E-state index in [4.69, 9.17) is 4.74 Å². The molecule has 0 unspecified atom stereocenters. The van der Waals surface area contributed by atoms with Gasteiger partial charge >= 0.3 is 0 Å². The maximum absolute atomic E-state index is 12.4. The number of carbonyl (C=O) groups is 2. The number of piperidine rings is 1. The Morgan fingerprint density at radius 1 is 1.22 bits per heavy atom. The van der Waals surface area contributed by atoms with Gasteiger partial charge in [0, 0.05) is 25.7 Å². The number of pyridine rings is 1. The van der Waals surface area contributed by atoms with Crippen LogP contribution in [0.1, 0.15) is 18.4 Å². The van der Waals surface area contributed by atoms with Crippen LogP contribution in [0.2, 0.25) is 0 Å². The number of aromatic nitrogens is 1. The molecule has 6 nitrogen and oxygen atoms in total. The molecule has 1 aliphatic rings. The third-order valence-corrected chi connectivity index (χ3v) is 4.69. The molecule has 3 rings (SSSR count). The zero-order valence-corrected chi connectivity index (χ0v) is 15.3. The van der Waals surface area contributed by atoms with E-state index in [1.54, 1.807) is 18.5 Å². The van der Waals surface area contributed by atoms with Crippen LogP contribution in [0.5, 0.6) is 5.75 Å². The summed E-state index contributed by atoms with van der Waals surface area (Å²) in [7, 11) is 0. The number of hydrogen-bond acceptors (Lipinski definition) is 4.